The van der Waals surface area contributed by atoms with Crippen LogP contribution < -0.4 is 0 Å². The molecule has 1 aromatic carbocycles. The molecule has 1 N–H and O–H groups in total. The molecule has 1 amide bonds. The number of hydrogen-bond donors (Lipinski definition) is 1. The van der Waals surface area contributed by atoms with Crippen LogP contribution in [0.1, 0.15) is 21.5 Å². The standard InChI is InChI=1S/C15H13NO3S/c17-14(12-5-6-20-9-12)16-8-11-4-2-1-3-10(11)7-13(16)15(18)19/h1-6,9,13H,7-8H2,(H,18,19). The normalized spacial score (nSPS) is 17.6. The lowest BCUT2D eigenvalue weighted by Crippen LogP contribution is -2.48. The molecule has 0 fully saturated rings. The maximum absolute atomic E-state index is 12.5. The van der Waals surface area contributed by atoms with Crippen molar-refractivity contribution in [1.82, 2.24) is 4.90 Å². The highest BCUT2D eigenvalue weighted by molar-refractivity contribution is 7.08. The number of carbonyl (C=O) groups excluding carboxylic acids is 1. The van der Waals surface area contributed by atoms with Crippen LogP contribution in [0.25, 0.3) is 0 Å². The molecule has 5 heteroatoms. The highest BCUT2D eigenvalue weighted by Gasteiger charge is 2.34. The first kappa shape index (κ1) is 12.9. The summed E-state index contributed by atoms with van der Waals surface area (Å²) in [6.07, 6.45) is 0.362. The minimum atomic E-state index is -0.955. The highest BCUT2D eigenvalue weighted by Crippen LogP contribution is 2.25. The Morgan fingerprint density at radius 1 is 1.20 bits per heavy atom. The van der Waals surface area contributed by atoms with Gasteiger partial charge in [-0.25, -0.2) is 4.79 Å². The van der Waals surface area contributed by atoms with Crippen molar-refractivity contribution in [2.24, 2.45) is 0 Å². The number of hydrogen-bond acceptors (Lipinski definition) is 3. The van der Waals surface area contributed by atoms with Crippen molar-refractivity contribution < 1.29 is 14.7 Å². The van der Waals surface area contributed by atoms with Crippen molar-refractivity contribution in [2.75, 3.05) is 0 Å². The molecule has 2 aromatic rings. The van der Waals surface area contributed by atoms with Gasteiger partial charge >= 0.3 is 5.97 Å². The Morgan fingerprint density at radius 2 is 1.95 bits per heavy atom. The van der Waals surface area contributed by atoms with Gasteiger partial charge in [0.25, 0.3) is 5.91 Å². The summed E-state index contributed by atoms with van der Waals surface area (Å²) in [5, 5.41) is 13.0. The van der Waals surface area contributed by atoms with Crippen LogP contribution in [0.4, 0.5) is 0 Å². The summed E-state index contributed by atoms with van der Waals surface area (Å²) in [7, 11) is 0. The first-order valence-corrected chi connectivity index (χ1v) is 7.24. The lowest BCUT2D eigenvalue weighted by Gasteiger charge is -2.34. The third-order valence-corrected chi connectivity index (χ3v) is 4.25. The Balaban J connectivity index is 1.96. The van der Waals surface area contributed by atoms with E-state index < -0.39 is 12.0 Å². The summed E-state index contributed by atoms with van der Waals surface area (Å²) in [5.74, 6) is -1.17. The molecule has 1 aliphatic rings. The summed E-state index contributed by atoms with van der Waals surface area (Å²) >= 11 is 1.43. The van der Waals surface area contributed by atoms with Crippen LogP contribution in [0.2, 0.25) is 0 Å². The van der Waals surface area contributed by atoms with Crippen LogP contribution in [0, 0.1) is 0 Å². The fourth-order valence-corrected chi connectivity index (χ4v) is 3.14. The smallest absolute Gasteiger partial charge is 0.326 e. The second-order valence-corrected chi connectivity index (χ2v) is 5.55. The lowest BCUT2D eigenvalue weighted by molar-refractivity contribution is -0.142. The van der Waals surface area contributed by atoms with E-state index in [1.165, 1.54) is 16.2 Å². The minimum absolute atomic E-state index is 0.215. The number of rotatable bonds is 2. The van der Waals surface area contributed by atoms with E-state index in [1.807, 2.05) is 29.6 Å². The zero-order valence-corrected chi connectivity index (χ0v) is 11.5. The number of thiophene rings is 1. The summed E-state index contributed by atoms with van der Waals surface area (Å²) in [5.41, 5.74) is 2.59. The van der Waals surface area contributed by atoms with Gasteiger partial charge in [0, 0.05) is 18.3 Å². The van der Waals surface area contributed by atoms with Crippen molar-refractivity contribution in [1.29, 1.82) is 0 Å². The summed E-state index contributed by atoms with van der Waals surface area (Å²) in [6.45, 7) is 0.349. The molecule has 1 unspecified atom stereocenters. The van der Waals surface area contributed by atoms with Gasteiger partial charge < -0.3 is 10.0 Å². The van der Waals surface area contributed by atoms with Crippen LogP contribution in [0.5, 0.6) is 0 Å². The molecule has 1 aromatic heterocycles. The van der Waals surface area contributed by atoms with Crippen LogP contribution in [-0.4, -0.2) is 27.9 Å². The molecular formula is C15H13NO3S. The predicted molar refractivity (Wildman–Crippen MR) is 75.8 cm³/mol. The second-order valence-electron chi connectivity index (χ2n) is 4.77. The molecule has 1 atom stereocenters. The van der Waals surface area contributed by atoms with Gasteiger partial charge in [-0.1, -0.05) is 24.3 Å². The number of carbonyl (C=O) groups is 2. The molecule has 0 aliphatic carbocycles. The average Bonchev–Trinajstić information content (AvgIpc) is 2.99. The number of carboxylic acids is 1. The minimum Gasteiger partial charge on any atom is -0.480 e. The van der Waals surface area contributed by atoms with E-state index in [4.69, 9.17) is 0 Å². The van der Waals surface area contributed by atoms with E-state index in [2.05, 4.69) is 0 Å². The maximum Gasteiger partial charge on any atom is 0.326 e. The Labute approximate surface area is 120 Å². The fraction of sp³-hybridized carbons (Fsp3) is 0.200. The zero-order chi connectivity index (χ0) is 14.1. The highest BCUT2D eigenvalue weighted by atomic mass is 32.1. The zero-order valence-electron chi connectivity index (χ0n) is 10.7. The molecule has 1 aliphatic heterocycles. The molecule has 0 bridgehead atoms. The Bertz CT molecular complexity index is 651. The van der Waals surface area contributed by atoms with Gasteiger partial charge in [0.2, 0.25) is 0 Å². The van der Waals surface area contributed by atoms with Crippen LogP contribution in [-0.2, 0) is 17.8 Å². The average molecular weight is 287 g/mol. The second kappa shape index (κ2) is 5.09. The molecule has 2 heterocycles. The van der Waals surface area contributed by atoms with E-state index in [9.17, 15) is 14.7 Å². The molecule has 0 radical (unpaired) electrons. The van der Waals surface area contributed by atoms with E-state index in [-0.39, 0.29) is 5.91 Å². The first-order valence-electron chi connectivity index (χ1n) is 6.29. The largest absolute Gasteiger partial charge is 0.480 e. The van der Waals surface area contributed by atoms with Gasteiger partial charge in [0.15, 0.2) is 0 Å². The monoisotopic (exact) mass is 287 g/mol. The van der Waals surface area contributed by atoms with Crippen LogP contribution >= 0.6 is 11.3 Å². The van der Waals surface area contributed by atoms with Gasteiger partial charge in [-0.05, 0) is 22.6 Å². The van der Waals surface area contributed by atoms with Crippen LogP contribution in [0.3, 0.4) is 0 Å². The molecular weight excluding hydrogens is 274 g/mol. The topological polar surface area (TPSA) is 57.6 Å². The quantitative estimate of drug-likeness (QED) is 0.922. The molecule has 0 spiro atoms. The molecule has 3 rings (SSSR count). The summed E-state index contributed by atoms with van der Waals surface area (Å²) in [4.78, 5) is 25.4. The maximum atomic E-state index is 12.5. The number of nitrogens with zero attached hydrogens (tertiary/aromatic N) is 1. The Kier molecular flexibility index (Phi) is 3.28. The Morgan fingerprint density at radius 3 is 2.60 bits per heavy atom. The molecule has 0 saturated carbocycles. The SMILES string of the molecule is O=C(O)C1Cc2ccccc2CN1C(=O)c1ccsc1. The van der Waals surface area contributed by atoms with Crippen LogP contribution in [0.15, 0.2) is 41.1 Å². The number of fused-ring (bicyclic) bond motifs is 1. The van der Waals surface area contributed by atoms with E-state index in [1.54, 1.807) is 11.4 Å². The van der Waals surface area contributed by atoms with Gasteiger partial charge in [-0.2, -0.15) is 11.3 Å². The van der Waals surface area contributed by atoms with Gasteiger partial charge in [-0.3, -0.25) is 4.79 Å². The van der Waals surface area contributed by atoms with Gasteiger partial charge in [0.05, 0.1) is 5.56 Å². The first-order chi connectivity index (χ1) is 9.66. The van der Waals surface area contributed by atoms with Crippen molar-refractivity contribution in [3.8, 4) is 0 Å². The Hall–Kier alpha value is -2.14. The van der Waals surface area contributed by atoms with Crippen molar-refractivity contribution in [3.05, 3.63) is 57.8 Å². The summed E-state index contributed by atoms with van der Waals surface area (Å²) < 4.78 is 0. The van der Waals surface area contributed by atoms with Gasteiger partial charge in [0.1, 0.15) is 6.04 Å². The van der Waals surface area contributed by atoms with Gasteiger partial charge in [-0.15, -0.1) is 0 Å². The van der Waals surface area contributed by atoms with Crippen molar-refractivity contribution in [2.45, 2.75) is 19.0 Å². The molecule has 20 heavy (non-hydrogen) atoms. The third-order valence-electron chi connectivity index (χ3n) is 3.56. The van der Waals surface area contributed by atoms with E-state index >= 15 is 0 Å². The number of aliphatic carboxylic acids is 1. The number of benzene rings is 1. The predicted octanol–water partition coefficient (Wildman–Crippen LogP) is 2.40. The van der Waals surface area contributed by atoms with Crippen molar-refractivity contribution in [3.63, 3.8) is 0 Å². The fourth-order valence-electron chi connectivity index (χ4n) is 2.51. The lowest BCUT2D eigenvalue weighted by atomic mass is 9.93. The summed E-state index contributed by atoms with van der Waals surface area (Å²) in [6, 6.07) is 8.62. The van der Waals surface area contributed by atoms with E-state index in [0.29, 0.717) is 18.5 Å². The van der Waals surface area contributed by atoms with E-state index in [0.717, 1.165) is 11.1 Å². The number of amides is 1. The number of carboxylic acid groups (broad SMARTS) is 1. The molecule has 4 nitrogen and oxygen atoms in total. The molecule has 102 valence electrons. The third kappa shape index (κ3) is 2.20. The van der Waals surface area contributed by atoms with Crippen molar-refractivity contribution >= 4 is 23.2 Å². The molecule has 0 saturated heterocycles.